The van der Waals surface area contributed by atoms with E-state index in [1.165, 1.54) is 12.1 Å². The van der Waals surface area contributed by atoms with E-state index in [9.17, 15) is 4.39 Å². The molecule has 0 bridgehead atoms. The Morgan fingerprint density at radius 2 is 1.94 bits per heavy atom. The minimum atomic E-state index is -0.295. The molecule has 1 aromatic heterocycles. The van der Waals surface area contributed by atoms with Crippen LogP contribution in [0.5, 0.6) is 5.75 Å². The molecule has 1 heterocycles. The van der Waals surface area contributed by atoms with Crippen LogP contribution in [0.4, 0.5) is 4.39 Å². The first kappa shape index (κ1) is 12.5. The summed E-state index contributed by atoms with van der Waals surface area (Å²) in [7, 11) is 0. The third-order valence-corrected chi connectivity index (χ3v) is 2.64. The Morgan fingerprint density at radius 1 is 1.17 bits per heavy atom. The van der Waals surface area contributed by atoms with Crippen molar-refractivity contribution in [2.45, 2.75) is 13.0 Å². The Morgan fingerprint density at radius 3 is 2.67 bits per heavy atom. The first-order valence-corrected chi connectivity index (χ1v) is 5.80. The fourth-order valence-corrected chi connectivity index (χ4v) is 1.68. The van der Waals surface area contributed by atoms with Crippen molar-refractivity contribution in [1.82, 2.24) is 4.98 Å². The molecule has 0 aliphatic rings. The van der Waals surface area contributed by atoms with Crippen LogP contribution < -0.4 is 10.5 Å². The van der Waals surface area contributed by atoms with E-state index in [1.54, 1.807) is 18.5 Å². The van der Waals surface area contributed by atoms with Crippen molar-refractivity contribution in [3.8, 4) is 5.75 Å². The molecule has 0 amide bonds. The van der Waals surface area contributed by atoms with Crippen LogP contribution in [-0.4, -0.2) is 11.6 Å². The highest BCUT2D eigenvalue weighted by atomic mass is 19.1. The van der Waals surface area contributed by atoms with Crippen LogP contribution in [-0.2, 0) is 13.0 Å². The Bertz CT molecular complexity index is 502. The number of rotatable bonds is 5. The van der Waals surface area contributed by atoms with Crippen LogP contribution in [0.2, 0.25) is 0 Å². The summed E-state index contributed by atoms with van der Waals surface area (Å²) in [4.78, 5) is 3.95. The Hall–Kier alpha value is -1.94. The van der Waals surface area contributed by atoms with Gasteiger partial charge in [0.05, 0.1) is 6.61 Å². The Kier molecular flexibility index (Phi) is 4.25. The average Bonchev–Trinajstić information content (AvgIpc) is 2.41. The first-order valence-electron chi connectivity index (χ1n) is 5.80. The van der Waals surface area contributed by atoms with E-state index in [1.807, 2.05) is 12.1 Å². The number of aromatic nitrogens is 1. The molecule has 94 valence electrons. The SMILES string of the molecule is NCc1cc(F)ccc1OCCc1ccncc1. The van der Waals surface area contributed by atoms with E-state index < -0.39 is 0 Å². The van der Waals surface area contributed by atoms with Gasteiger partial charge < -0.3 is 10.5 Å². The molecule has 2 aromatic rings. The first-order chi connectivity index (χ1) is 8.79. The lowest BCUT2D eigenvalue weighted by Crippen LogP contribution is -2.06. The van der Waals surface area contributed by atoms with Gasteiger partial charge in [0.2, 0.25) is 0 Å². The molecule has 1 aromatic carbocycles. The minimum absolute atomic E-state index is 0.266. The molecule has 0 spiro atoms. The summed E-state index contributed by atoms with van der Waals surface area (Å²) in [5.41, 5.74) is 7.39. The highest BCUT2D eigenvalue weighted by Gasteiger charge is 2.04. The Balaban J connectivity index is 1.94. The van der Waals surface area contributed by atoms with Gasteiger partial charge in [0.1, 0.15) is 11.6 Å². The zero-order chi connectivity index (χ0) is 12.8. The standard InChI is InChI=1S/C14H15FN2O/c15-13-1-2-14(12(9-13)10-16)18-8-5-11-3-6-17-7-4-11/h1-4,6-7,9H,5,8,10,16H2. The van der Waals surface area contributed by atoms with E-state index in [4.69, 9.17) is 10.5 Å². The summed E-state index contributed by atoms with van der Waals surface area (Å²) in [6.07, 6.45) is 4.28. The lowest BCUT2D eigenvalue weighted by molar-refractivity contribution is 0.318. The molecule has 0 radical (unpaired) electrons. The monoisotopic (exact) mass is 246 g/mol. The molecule has 0 saturated heterocycles. The van der Waals surface area contributed by atoms with Crippen molar-refractivity contribution in [2.24, 2.45) is 5.73 Å². The molecule has 4 heteroatoms. The number of hydrogen-bond acceptors (Lipinski definition) is 3. The van der Waals surface area contributed by atoms with E-state index in [-0.39, 0.29) is 12.4 Å². The molecule has 0 saturated carbocycles. The van der Waals surface area contributed by atoms with Crippen molar-refractivity contribution in [3.05, 3.63) is 59.7 Å². The summed E-state index contributed by atoms with van der Waals surface area (Å²) in [6, 6.07) is 8.28. The summed E-state index contributed by atoms with van der Waals surface area (Å²) in [5, 5.41) is 0. The van der Waals surface area contributed by atoms with E-state index >= 15 is 0 Å². The number of pyridine rings is 1. The quantitative estimate of drug-likeness (QED) is 0.880. The summed E-state index contributed by atoms with van der Waals surface area (Å²) >= 11 is 0. The normalized spacial score (nSPS) is 10.3. The lowest BCUT2D eigenvalue weighted by atomic mass is 10.2. The molecular formula is C14H15FN2O. The van der Waals surface area contributed by atoms with Crippen molar-refractivity contribution >= 4 is 0 Å². The number of ether oxygens (including phenoxy) is 1. The largest absolute Gasteiger partial charge is 0.493 e. The number of halogens is 1. The van der Waals surface area contributed by atoms with E-state index in [0.717, 1.165) is 12.0 Å². The number of nitrogens with two attached hydrogens (primary N) is 1. The van der Waals surface area contributed by atoms with Gasteiger partial charge >= 0.3 is 0 Å². The molecule has 0 fully saturated rings. The topological polar surface area (TPSA) is 48.1 Å². The fourth-order valence-electron chi connectivity index (χ4n) is 1.68. The molecule has 18 heavy (non-hydrogen) atoms. The molecule has 0 unspecified atom stereocenters. The second kappa shape index (κ2) is 6.12. The summed E-state index contributed by atoms with van der Waals surface area (Å²) in [6.45, 7) is 0.797. The van der Waals surface area contributed by atoms with Crippen molar-refractivity contribution < 1.29 is 9.13 Å². The zero-order valence-electron chi connectivity index (χ0n) is 9.97. The fraction of sp³-hybridized carbons (Fsp3) is 0.214. The van der Waals surface area contributed by atoms with Crippen molar-refractivity contribution in [1.29, 1.82) is 0 Å². The summed E-state index contributed by atoms with van der Waals surface area (Å²) in [5.74, 6) is 0.352. The molecule has 0 atom stereocenters. The molecule has 2 rings (SSSR count). The van der Waals surface area contributed by atoms with Gasteiger partial charge in [-0.2, -0.15) is 0 Å². The smallest absolute Gasteiger partial charge is 0.123 e. The second-order valence-electron chi connectivity index (χ2n) is 3.91. The van der Waals surface area contributed by atoms with Gasteiger partial charge in [-0.15, -0.1) is 0 Å². The third-order valence-electron chi connectivity index (χ3n) is 2.64. The molecule has 2 N–H and O–H groups in total. The van der Waals surface area contributed by atoms with Crippen LogP contribution in [0.15, 0.2) is 42.7 Å². The van der Waals surface area contributed by atoms with Crippen LogP contribution in [0.25, 0.3) is 0 Å². The van der Waals surface area contributed by atoms with Gasteiger partial charge in [-0.3, -0.25) is 4.98 Å². The van der Waals surface area contributed by atoms with Gasteiger partial charge in [-0.1, -0.05) is 0 Å². The minimum Gasteiger partial charge on any atom is -0.493 e. The van der Waals surface area contributed by atoms with Crippen LogP contribution in [0.1, 0.15) is 11.1 Å². The second-order valence-corrected chi connectivity index (χ2v) is 3.91. The van der Waals surface area contributed by atoms with Gasteiger partial charge in [0.25, 0.3) is 0 Å². The third kappa shape index (κ3) is 3.28. The maximum Gasteiger partial charge on any atom is 0.123 e. The van der Waals surface area contributed by atoms with Crippen LogP contribution >= 0.6 is 0 Å². The molecule has 0 aliphatic carbocycles. The number of hydrogen-bond donors (Lipinski definition) is 1. The van der Waals surface area contributed by atoms with Crippen LogP contribution in [0.3, 0.4) is 0 Å². The highest BCUT2D eigenvalue weighted by molar-refractivity contribution is 5.33. The van der Waals surface area contributed by atoms with E-state index in [0.29, 0.717) is 17.9 Å². The van der Waals surface area contributed by atoms with Gasteiger partial charge in [0.15, 0.2) is 0 Å². The molecular weight excluding hydrogens is 231 g/mol. The van der Waals surface area contributed by atoms with Gasteiger partial charge in [-0.05, 0) is 35.9 Å². The van der Waals surface area contributed by atoms with Gasteiger partial charge in [0, 0.05) is 30.9 Å². The van der Waals surface area contributed by atoms with Crippen molar-refractivity contribution in [2.75, 3.05) is 6.61 Å². The van der Waals surface area contributed by atoms with E-state index in [2.05, 4.69) is 4.98 Å². The Labute approximate surface area is 105 Å². The maximum atomic E-state index is 13.0. The summed E-state index contributed by atoms with van der Waals surface area (Å²) < 4.78 is 18.6. The highest BCUT2D eigenvalue weighted by Crippen LogP contribution is 2.19. The van der Waals surface area contributed by atoms with Gasteiger partial charge in [-0.25, -0.2) is 4.39 Å². The zero-order valence-corrected chi connectivity index (χ0v) is 9.97. The predicted octanol–water partition coefficient (Wildman–Crippen LogP) is 2.30. The molecule has 0 aliphatic heterocycles. The maximum absolute atomic E-state index is 13.0. The van der Waals surface area contributed by atoms with Crippen molar-refractivity contribution in [3.63, 3.8) is 0 Å². The number of nitrogens with zero attached hydrogens (tertiary/aromatic N) is 1. The predicted molar refractivity (Wildman–Crippen MR) is 67.7 cm³/mol. The lowest BCUT2D eigenvalue weighted by Gasteiger charge is -2.10. The van der Waals surface area contributed by atoms with Crippen LogP contribution in [0, 0.1) is 5.82 Å². The molecule has 3 nitrogen and oxygen atoms in total. The average molecular weight is 246 g/mol. The number of benzene rings is 1.